The number of hydrogen-bond donors (Lipinski definition) is 2. The Morgan fingerprint density at radius 3 is 2.65 bits per heavy atom. The zero-order valence-corrected chi connectivity index (χ0v) is 13.5. The van der Waals surface area contributed by atoms with Crippen molar-refractivity contribution in [3.05, 3.63) is 29.8 Å². The summed E-state index contributed by atoms with van der Waals surface area (Å²) in [5, 5.41) is 9.46. The molecule has 1 fully saturated rings. The van der Waals surface area contributed by atoms with E-state index < -0.39 is 0 Å². The highest BCUT2D eigenvalue weighted by Gasteiger charge is 2.38. The van der Waals surface area contributed by atoms with E-state index in [1.165, 1.54) is 16.9 Å². The molecule has 0 spiro atoms. The first-order chi connectivity index (χ1) is 9.55. The van der Waals surface area contributed by atoms with Crippen molar-refractivity contribution in [2.75, 3.05) is 12.4 Å². The molecule has 0 amide bonds. The fraction of sp³-hybridized carbons (Fsp3) is 0.647. The molecule has 0 radical (unpaired) electrons. The summed E-state index contributed by atoms with van der Waals surface area (Å²) in [6.07, 6.45) is 4.41. The van der Waals surface area contributed by atoms with Crippen LogP contribution in [0.15, 0.2) is 29.2 Å². The fourth-order valence-corrected chi connectivity index (χ4v) is 4.04. The Hall–Kier alpha value is -0.510. The Kier molecular flexibility index (Phi) is 5.53. The molecule has 0 aliphatic heterocycles. The van der Waals surface area contributed by atoms with Crippen molar-refractivity contribution in [1.29, 1.82) is 0 Å². The normalized spacial score (nSPS) is 26.4. The number of hydrogen-bond acceptors (Lipinski definition) is 3. The number of aliphatic hydroxyl groups is 1. The molecule has 0 saturated heterocycles. The average Bonchev–Trinajstić information content (AvgIpc) is 2.82. The Balaban J connectivity index is 1.81. The molecule has 2 unspecified atom stereocenters. The quantitative estimate of drug-likeness (QED) is 0.785. The van der Waals surface area contributed by atoms with E-state index in [0.29, 0.717) is 11.8 Å². The number of aliphatic hydroxyl groups excluding tert-OH is 1. The molecule has 2 rings (SSSR count). The van der Waals surface area contributed by atoms with Crippen molar-refractivity contribution in [2.45, 2.75) is 55.9 Å². The van der Waals surface area contributed by atoms with Crippen LogP contribution in [0.3, 0.4) is 0 Å². The van der Waals surface area contributed by atoms with Crippen LogP contribution in [0.5, 0.6) is 0 Å². The van der Waals surface area contributed by atoms with E-state index in [1.807, 2.05) is 11.8 Å². The lowest BCUT2D eigenvalue weighted by Crippen LogP contribution is -2.47. The first kappa shape index (κ1) is 15.9. The summed E-state index contributed by atoms with van der Waals surface area (Å²) in [6.45, 7) is 4.57. The van der Waals surface area contributed by atoms with Crippen molar-refractivity contribution < 1.29 is 5.11 Å². The monoisotopic (exact) mass is 293 g/mol. The first-order valence-corrected chi connectivity index (χ1v) is 8.66. The number of rotatable bonds is 6. The smallest absolute Gasteiger partial charge is 0.0613 e. The molecular formula is C17H27NOS. The first-order valence-electron chi connectivity index (χ1n) is 7.67. The van der Waals surface area contributed by atoms with Crippen LogP contribution in [0.1, 0.15) is 51.0 Å². The van der Waals surface area contributed by atoms with E-state index in [0.717, 1.165) is 25.0 Å². The predicted molar refractivity (Wildman–Crippen MR) is 87.2 cm³/mol. The molecule has 0 bridgehead atoms. The summed E-state index contributed by atoms with van der Waals surface area (Å²) >= 11 is 1.90. The van der Waals surface area contributed by atoms with Crippen molar-refractivity contribution >= 4 is 11.8 Å². The fourth-order valence-electron chi connectivity index (χ4n) is 3.08. The lowest BCUT2D eigenvalue weighted by molar-refractivity contribution is 0.158. The van der Waals surface area contributed by atoms with Crippen molar-refractivity contribution in [3.8, 4) is 0 Å². The van der Waals surface area contributed by atoms with Gasteiger partial charge in [-0.25, -0.2) is 0 Å². The topological polar surface area (TPSA) is 46.2 Å². The molecule has 2 atom stereocenters. The molecule has 2 nitrogen and oxygen atoms in total. The van der Waals surface area contributed by atoms with Gasteiger partial charge in [-0.15, -0.1) is 11.8 Å². The number of thioether (sulfide) groups is 1. The van der Waals surface area contributed by atoms with Crippen LogP contribution in [-0.4, -0.2) is 23.0 Å². The summed E-state index contributed by atoms with van der Waals surface area (Å²) in [5.74, 6) is 2.16. The molecule has 112 valence electrons. The van der Waals surface area contributed by atoms with Crippen LogP contribution < -0.4 is 5.73 Å². The summed E-state index contributed by atoms with van der Waals surface area (Å²) in [4.78, 5) is 1.33. The maximum atomic E-state index is 9.46. The van der Waals surface area contributed by atoms with Gasteiger partial charge in [0.05, 0.1) is 6.61 Å². The Labute approximate surface area is 127 Å². The second kappa shape index (κ2) is 6.97. The van der Waals surface area contributed by atoms with E-state index in [4.69, 9.17) is 5.73 Å². The zero-order valence-electron chi connectivity index (χ0n) is 12.6. The molecule has 3 N–H and O–H groups in total. The van der Waals surface area contributed by atoms with Crippen LogP contribution in [-0.2, 0) is 0 Å². The van der Waals surface area contributed by atoms with Gasteiger partial charge in [-0.05, 0) is 54.5 Å². The average molecular weight is 293 g/mol. The van der Waals surface area contributed by atoms with Gasteiger partial charge in [-0.1, -0.05) is 32.4 Å². The van der Waals surface area contributed by atoms with Crippen LogP contribution in [0, 0.1) is 5.92 Å². The van der Waals surface area contributed by atoms with E-state index in [9.17, 15) is 5.11 Å². The standard InChI is InChI=1S/C17H27NOS/c1-13(2)14-5-7-16(8-6-14)20-11-9-15-4-3-10-17(15,18)12-19/h5-8,13,15,19H,3-4,9-12,18H2,1-2H3. The van der Waals surface area contributed by atoms with E-state index in [1.54, 1.807) is 0 Å². The molecule has 1 aliphatic rings. The third-order valence-corrected chi connectivity index (χ3v) is 5.63. The molecule has 3 heteroatoms. The van der Waals surface area contributed by atoms with Crippen LogP contribution in [0.25, 0.3) is 0 Å². The summed E-state index contributed by atoms with van der Waals surface area (Å²) in [5.41, 5.74) is 7.35. The Bertz CT molecular complexity index is 418. The van der Waals surface area contributed by atoms with Gasteiger partial charge in [0.15, 0.2) is 0 Å². The molecular weight excluding hydrogens is 266 g/mol. The van der Waals surface area contributed by atoms with Gasteiger partial charge >= 0.3 is 0 Å². The largest absolute Gasteiger partial charge is 0.394 e. The second-order valence-corrected chi connectivity index (χ2v) is 7.51. The van der Waals surface area contributed by atoms with Gasteiger partial charge < -0.3 is 10.8 Å². The summed E-state index contributed by atoms with van der Waals surface area (Å²) in [7, 11) is 0. The van der Waals surface area contributed by atoms with Gasteiger partial charge in [0.25, 0.3) is 0 Å². The van der Waals surface area contributed by atoms with Crippen LogP contribution >= 0.6 is 11.8 Å². The van der Waals surface area contributed by atoms with Crippen molar-refractivity contribution in [2.24, 2.45) is 11.7 Å². The molecule has 1 saturated carbocycles. The highest BCUT2D eigenvalue weighted by atomic mass is 32.2. The van der Waals surface area contributed by atoms with Gasteiger partial charge in [0.1, 0.15) is 0 Å². The van der Waals surface area contributed by atoms with Gasteiger partial charge in [0, 0.05) is 10.4 Å². The third-order valence-electron chi connectivity index (χ3n) is 4.58. The van der Waals surface area contributed by atoms with Crippen molar-refractivity contribution in [1.82, 2.24) is 0 Å². The molecule has 1 aromatic rings. The van der Waals surface area contributed by atoms with E-state index in [-0.39, 0.29) is 12.1 Å². The maximum absolute atomic E-state index is 9.46. The lowest BCUT2D eigenvalue weighted by Gasteiger charge is -2.29. The minimum absolute atomic E-state index is 0.130. The Morgan fingerprint density at radius 1 is 1.35 bits per heavy atom. The maximum Gasteiger partial charge on any atom is 0.0613 e. The zero-order chi connectivity index (χ0) is 14.6. The van der Waals surface area contributed by atoms with E-state index >= 15 is 0 Å². The summed E-state index contributed by atoms with van der Waals surface area (Å²) in [6, 6.07) is 8.89. The lowest BCUT2D eigenvalue weighted by atomic mass is 9.87. The molecule has 0 aromatic heterocycles. The number of benzene rings is 1. The highest BCUT2D eigenvalue weighted by Crippen LogP contribution is 2.37. The van der Waals surface area contributed by atoms with E-state index in [2.05, 4.69) is 38.1 Å². The van der Waals surface area contributed by atoms with Crippen LogP contribution in [0.4, 0.5) is 0 Å². The van der Waals surface area contributed by atoms with Crippen molar-refractivity contribution in [3.63, 3.8) is 0 Å². The summed E-state index contributed by atoms with van der Waals surface area (Å²) < 4.78 is 0. The van der Waals surface area contributed by atoms with Gasteiger partial charge in [0.2, 0.25) is 0 Å². The second-order valence-electron chi connectivity index (χ2n) is 6.34. The number of nitrogens with two attached hydrogens (primary N) is 1. The molecule has 1 aromatic carbocycles. The SMILES string of the molecule is CC(C)c1ccc(SCCC2CCCC2(N)CO)cc1. The minimum atomic E-state index is -0.317. The molecule has 1 aliphatic carbocycles. The highest BCUT2D eigenvalue weighted by molar-refractivity contribution is 7.99. The van der Waals surface area contributed by atoms with Gasteiger partial charge in [-0.2, -0.15) is 0 Å². The van der Waals surface area contributed by atoms with Gasteiger partial charge in [-0.3, -0.25) is 0 Å². The third kappa shape index (κ3) is 3.78. The minimum Gasteiger partial charge on any atom is -0.394 e. The van der Waals surface area contributed by atoms with Crippen LogP contribution in [0.2, 0.25) is 0 Å². The molecule has 20 heavy (non-hydrogen) atoms. The Morgan fingerprint density at radius 2 is 2.05 bits per heavy atom. The predicted octanol–water partition coefficient (Wildman–Crippen LogP) is 3.78. The molecule has 0 heterocycles.